The lowest BCUT2D eigenvalue weighted by Crippen LogP contribution is -2.16. The van der Waals surface area contributed by atoms with Gasteiger partial charge in [0, 0.05) is 23.9 Å². The molecule has 25 heavy (non-hydrogen) atoms. The van der Waals surface area contributed by atoms with Gasteiger partial charge in [-0.15, -0.1) is 0 Å². The Bertz CT molecular complexity index is 771. The maximum atomic E-state index is 12.4. The highest BCUT2D eigenvalue weighted by Gasteiger charge is 2.13. The molecule has 0 atom stereocenters. The fraction of sp³-hybridized carbons (Fsp3) is 0.211. The molecule has 3 rings (SSSR count). The van der Waals surface area contributed by atoms with Crippen LogP contribution in [0.2, 0.25) is 0 Å². The van der Waals surface area contributed by atoms with Crippen molar-refractivity contribution in [1.29, 1.82) is 0 Å². The summed E-state index contributed by atoms with van der Waals surface area (Å²) in [5, 5.41) is 2.84. The lowest BCUT2D eigenvalue weighted by atomic mass is 10.2. The normalized spacial score (nSPS) is 12.4. The second-order valence-electron chi connectivity index (χ2n) is 5.58. The zero-order valence-electron chi connectivity index (χ0n) is 13.8. The lowest BCUT2D eigenvalue weighted by molar-refractivity contribution is 0.102. The van der Waals surface area contributed by atoms with Crippen LogP contribution in [-0.4, -0.2) is 32.3 Å². The summed E-state index contributed by atoms with van der Waals surface area (Å²) >= 11 is 0. The Hall–Kier alpha value is -2.99. The lowest BCUT2D eigenvalue weighted by Gasteiger charge is -2.19. The van der Waals surface area contributed by atoms with Crippen molar-refractivity contribution in [2.24, 2.45) is 5.73 Å². The number of nitrogens with two attached hydrogens (primary N) is 1. The first kappa shape index (κ1) is 16.9. The number of ether oxygens (including phenoxy) is 3. The Morgan fingerprint density at radius 2 is 1.84 bits per heavy atom. The summed E-state index contributed by atoms with van der Waals surface area (Å²) < 4.78 is 16.5. The predicted molar refractivity (Wildman–Crippen MR) is 95.5 cm³/mol. The molecule has 1 amide bonds. The van der Waals surface area contributed by atoms with E-state index in [9.17, 15) is 4.79 Å². The molecule has 0 unspecified atom stereocenters. The third kappa shape index (κ3) is 4.30. The number of nitrogens with one attached hydrogen (secondary N) is 1. The van der Waals surface area contributed by atoms with Crippen LogP contribution in [0, 0.1) is 0 Å². The summed E-state index contributed by atoms with van der Waals surface area (Å²) in [5.41, 5.74) is 7.45. The molecule has 0 aromatic heterocycles. The molecule has 0 aliphatic carbocycles. The van der Waals surface area contributed by atoms with E-state index in [0.717, 1.165) is 5.57 Å². The first-order valence-electron chi connectivity index (χ1n) is 7.96. The summed E-state index contributed by atoms with van der Waals surface area (Å²) in [5.74, 6) is 1.76. The maximum absolute atomic E-state index is 12.4. The molecule has 2 aromatic rings. The molecule has 0 saturated carbocycles. The molecule has 0 spiro atoms. The van der Waals surface area contributed by atoms with Gasteiger partial charge in [-0.3, -0.25) is 4.79 Å². The van der Waals surface area contributed by atoms with E-state index in [2.05, 4.69) is 11.9 Å². The summed E-state index contributed by atoms with van der Waals surface area (Å²) in [6.07, 6.45) is 0. The molecule has 0 radical (unpaired) electrons. The molecule has 2 aromatic carbocycles. The quantitative estimate of drug-likeness (QED) is 0.790. The van der Waals surface area contributed by atoms with Crippen molar-refractivity contribution >= 4 is 11.6 Å². The van der Waals surface area contributed by atoms with Crippen molar-refractivity contribution in [1.82, 2.24) is 0 Å². The van der Waals surface area contributed by atoms with E-state index in [-0.39, 0.29) is 5.91 Å². The van der Waals surface area contributed by atoms with E-state index in [4.69, 9.17) is 19.9 Å². The van der Waals surface area contributed by atoms with E-state index in [1.54, 1.807) is 42.5 Å². The number of carbonyl (C=O) groups is 1. The van der Waals surface area contributed by atoms with Gasteiger partial charge in [0.2, 0.25) is 0 Å². The number of carbonyl (C=O) groups excluding carboxylic acids is 1. The molecular weight excluding hydrogens is 320 g/mol. The van der Waals surface area contributed by atoms with Crippen LogP contribution in [-0.2, 0) is 0 Å². The van der Waals surface area contributed by atoms with Gasteiger partial charge in [0.15, 0.2) is 11.5 Å². The van der Waals surface area contributed by atoms with Gasteiger partial charge < -0.3 is 25.3 Å². The molecule has 0 fully saturated rings. The van der Waals surface area contributed by atoms with Crippen LogP contribution < -0.4 is 25.3 Å². The van der Waals surface area contributed by atoms with Crippen LogP contribution in [0.5, 0.6) is 17.2 Å². The van der Waals surface area contributed by atoms with Crippen molar-refractivity contribution in [2.45, 2.75) is 0 Å². The molecule has 3 N–H and O–H groups in total. The Morgan fingerprint density at radius 3 is 2.56 bits per heavy atom. The van der Waals surface area contributed by atoms with Crippen LogP contribution in [0.25, 0.3) is 0 Å². The SMILES string of the molecule is C=C(CN)COc1ccc(C(=O)Nc2ccc3c(c2)OCCO3)cc1. The minimum atomic E-state index is -0.213. The minimum absolute atomic E-state index is 0.213. The number of hydrogen-bond donors (Lipinski definition) is 2. The molecule has 1 heterocycles. The van der Waals surface area contributed by atoms with Crippen molar-refractivity contribution < 1.29 is 19.0 Å². The highest BCUT2D eigenvalue weighted by Crippen LogP contribution is 2.32. The first-order valence-corrected chi connectivity index (χ1v) is 7.96. The minimum Gasteiger partial charge on any atom is -0.489 e. The Morgan fingerprint density at radius 1 is 1.12 bits per heavy atom. The zero-order valence-corrected chi connectivity index (χ0v) is 13.8. The highest BCUT2D eigenvalue weighted by atomic mass is 16.6. The van der Waals surface area contributed by atoms with Crippen LogP contribution in [0.4, 0.5) is 5.69 Å². The Labute approximate surface area is 146 Å². The molecular formula is C19H20N2O4. The van der Waals surface area contributed by atoms with Gasteiger partial charge in [-0.2, -0.15) is 0 Å². The van der Waals surface area contributed by atoms with Crippen molar-refractivity contribution in [3.05, 3.63) is 60.2 Å². The number of benzene rings is 2. The maximum Gasteiger partial charge on any atom is 0.255 e. The second-order valence-corrected chi connectivity index (χ2v) is 5.58. The van der Waals surface area contributed by atoms with E-state index >= 15 is 0 Å². The highest BCUT2D eigenvalue weighted by molar-refractivity contribution is 6.04. The fourth-order valence-electron chi connectivity index (χ4n) is 2.27. The van der Waals surface area contributed by atoms with Gasteiger partial charge in [-0.25, -0.2) is 0 Å². The summed E-state index contributed by atoms with van der Waals surface area (Å²) in [6, 6.07) is 12.2. The number of amides is 1. The van der Waals surface area contributed by atoms with Gasteiger partial charge in [-0.05, 0) is 42.0 Å². The number of fused-ring (bicyclic) bond motifs is 1. The van der Waals surface area contributed by atoms with E-state index < -0.39 is 0 Å². The van der Waals surface area contributed by atoms with Gasteiger partial charge in [-0.1, -0.05) is 6.58 Å². The summed E-state index contributed by atoms with van der Waals surface area (Å²) in [4.78, 5) is 12.4. The predicted octanol–water partition coefficient (Wildman–Crippen LogP) is 2.60. The third-order valence-corrected chi connectivity index (χ3v) is 3.65. The molecule has 1 aliphatic rings. The molecule has 6 heteroatoms. The van der Waals surface area contributed by atoms with Gasteiger partial charge >= 0.3 is 0 Å². The van der Waals surface area contributed by atoms with E-state index in [1.165, 1.54) is 0 Å². The summed E-state index contributed by atoms with van der Waals surface area (Å²) in [6.45, 7) is 5.56. The van der Waals surface area contributed by atoms with Crippen LogP contribution in [0.3, 0.4) is 0 Å². The first-order chi connectivity index (χ1) is 12.2. The van der Waals surface area contributed by atoms with Crippen molar-refractivity contribution in [3.63, 3.8) is 0 Å². The van der Waals surface area contributed by atoms with E-state index in [1.807, 2.05) is 0 Å². The van der Waals surface area contributed by atoms with E-state index in [0.29, 0.717) is 54.9 Å². The molecule has 130 valence electrons. The second kappa shape index (κ2) is 7.72. The van der Waals surface area contributed by atoms with Gasteiger partial charge in [0.05, 0.1) is 0 Å². The average Bonchev–Trinajstić information content (AvgIpc) is 2.66. The zero-order chi connectivity index (χ0) is 17.6. The average molecular weight is 340 g/mol. The van der Waals surface area contributed by atoms with Gasteiger partial charge in [0.25, 0.3) is 5.91 Å². The number of anilines is 1. The Balaban J connectivity index is 1.62. The van der Waals surface area contributed by atoms with Crippen LogP contribution in [0.15, 0.2) is 54.6 Å². The van der Waals surface area contributed by atoms with Crippen LogP contribution >= 0.6 is 0 Å². The molecule has 6 nitrogen and oxygen atoms in total. The van der Waals surface area contributed by atoms with Crippen molar-refractivity contribution in [3.8, 4) is 17.2 Å². The third-order valence-electron chi connectivity index (χ3n) is 3.65. The largest absolute Gasteiger partial charge is 0.489 e. The molecule has 1 aliphatic heterocycles. The van der Waals surface area contributed by atoms with Crippen LogP contribution in [0.1, 0.15) is 10.4 Å². The topological polar surface area (TPSA) is 82.8 Å². The monoisotopic (exact) mass is 340 g/mol. The number of hydrogen-bond acceptors (Lipinski definition) is 5. The van der Waals surface area contributed by atoms with Crippen molar-refractivity contribution in [2.75, 3.05) is 31.7 Å². The fourth-order valence-corrected chi connectivity index (χ4v) is 2.27. The molecule has 0 saturated heterocycles. The smallest absolute Gasteiger partial charge is 0.255 e. The van der Waals surface area contributed by atoms with Gasteiger partial charge in [0.1, 0.15) is 25.6 Å². The summed E-state index contributed by atoms with van der Waals surface area (Å²) in [7, 11) is 0. The standard InChI is InChI=1S/C19H20N2O4/c1-13(11-20)12-25-16-5-2-14(3-6-16)19(22)21-15-4-7-17-18(10-15)24-9-8-23-17/h2-7,10H,1,8-9,11-12,20H2,(H,21,22). The Kier molecular flexibility index (Phi) is 5.20. The number of rotatable bonds is 6. The molecule has 0 bridgehead atoms.